The molecule has 0 bridgehead atoms. The number of benzene rings is 1. The topological polar surface area (TPSA) is 172 Å². The average Bonchev–Trinajstić information content (AvgIpc) is 3.18. The van der Waals surface area contributed by atoms with Gasteiger partial charge >= 0.3 is 0 Å². The lowest BCUT2D eigenvalue weighted by atomic mass is 10.1. The maximum absolute atomic E-state index is 12.2. The Kier molecular flexibility index (Phi) is 4.73. The lowest BCUT2D eigenvalue weighted by Crippen LogP contribution is -2.33. The first-order valence-electron chi connectivity index (χ1n) is 8.67. The summed E-state index contributed by atoms with van der Waals surface area (Å²) in [5, 5.41) is 33.0. The second kappa shape index (κ2) is 7.20. The molecule has 1 aliphatic heterocycles. The highest BCUT2D eigenvalue weighted by Gasteiger charge is 2.45. The minimum Gasteiger partial charge on any atom is -0.394 e. The van der Waals surface area contributed by atoms with E-state index in [1.807, 2.05) is 30.3 Å². The van der Waals surface area contributed by atoms with Gasteiger partial charge in [-0.3, -0.25) is 14.3 Å². The SMILES string of the molecule is Nc1nc2c(nc(NCc3ccccc3)n2C2OC(CO)C(O)C2O)c(=O)[nH]1. The monoisotopic (exact) mass is 388 g/mol. The Labute approximate surface area is 158 Å². The first kappa shape index (κ1) is 18.4. The van der Waals surface area contributed by atoms with Crippen molar-refractivity contribution in [1.82, 2.24) is 19.5 Å². The van der Waals surface area contributed by atoms with Crippen LogP contribution in [0.2, 0.25) is 0 Å². The maximum Gasteiger partial charge on any atom is 0.280 e. The standard InChI is InChI=1S/C17H20N6O5/c18-16-21-13-10(14(27)22-16)20-17(19-6-8-4-2-1-3-5-8)23(13)15-12(26)11(25)9(7-24)28-15/h1-5,9,11-12,15,24-26H,6-7H2,(H,19,20)(H3,18,21,22,27). The molecule has 4 unspecified atom stereocenters. The molecule has 2 aromatic heterocycles. The third-order valence-electron chi connectivity index (χ3n) is 4.63. The van der Waals surface area contributed by atoms with Gasteiger partial charge in [-0.25, -0.2) is 4.98 Å². The molecule has 0 radical (unpaired) electrons. The van der Waals surface area contributed by atoms with Crippen LogP contribution in [-0.4, -0.2) is 59.8 Å². The van der Waals surface area contributed by atoms with Crippen molar-refractivity contribution in [3.63, 3.8) is 0 Å². The van der Waals surface area contributed by atoms with Crippen molar-refractivity contribution < 1.29 is 20.1 Å². The van der Waals surface area contributed by atoms with Crippen molar-refractivity contribution in [2.75, 3.05) is 17.7 Å². The molecular formula is C17H20N6O5. The van der Waals surface area contributed by atoms with Crippen LogP contribution in [0.25, 0.3) is 11.2 Å². The van der Waals surface area contributed by atoms with Crippen LogP contribution in [0.3, 0.4) is 0 Å². The molecule has 0 amide bonds. The van der Waals surface area contributed by atoms with Gasteiger partial charge in [0, 0.05) is 6.54 Å². The van der Waals surface area contributed by atoms with Gasteiger partial charge in [0.25, 0.3) is 5.56 Å². The van der Waals surface area contributed by atoms with Gasteiger partial charge in [-0.2, -0.15) is 4.98 Å². The largest absolute Gasteiger partial charge is 0.394 e. The first-order chi connectivity index (χ1) is 13.5. The van der Waals surface area contributed by atoms with Crippen LogP contribution in [0.15, 0.2) is 35.1 Å². The number of hydrogen-bond acceptors (Lipinski definition) is 9. The Bertz CT molecular complexity index is 1040. The number of aromatic nitrogens is 4. The van der Waals surface area contributed by atoms with Gasteiger partial charge in [-0.15, -0.1) is 0 Å². The number of aliphatic hydroxyl groups is 3. The van der Waals surface area contributed by atoms with Crippen molar-refractivity contribution >= 4 is 23.1 Å². The minimum atomic E-state index is -1.37. The second-order valence-corrected chi connectivity index (χ2v) is 6.50. The molecule has 0 saturated carbocycles. The number of fused-ring (bicyclic) bond motifs is 1. The highest BCUT2D eigenvalue weighted by molar-refractivity contribution is 5.74. The highest BCUT2D eigenvalue weighted by atomic mass is 16.6. The van der Waals surface area contributed by atoms with E-state index in [4.69, 9.17) is 10.5 Å². The molecule has 148 valence electrons. The predicted molar refractivity (Wildman–Crippen MR) is 99.3 cm³/mol. The molecule has 11 nitrogen and oxygen atoms in total. The number of anilines is 2. The Balaban J connectivity index is 1.79. The van der Waals surface area contributed by atoms with Gasteiger partial charge in [-0.05, 0) is 5.56 Å². The van der Waals surface area contributed by atoms with Gasteiger partial charge in [0.15, 0.2) is 17.4 Å². The molecule has 4 atom stereocenters. The van der Waals surface area contributed by atoms with E-state index in [2.05, 4.69) is 20.3 Å². The van der Waals surface area contributed by atoms with E-state index in [0.717, 1.165) is 5.56 Å². The van der Waals surface area contributed by atoms with Crippen LogP contribution in [0.1, 0.15) is 11.8 Å². The summed E-state index contributed by atoms with van der Waals surface area (Å²) in [5.41, 5.74) is 6.17. The van der Waals surface area contributed by atoms with Crippen LogP contribution >= 0.6 is 0 Å². The number of rotatable bonds is 5. The fourth-order valence-corrected chi connectivity index (χ4v) is 3.24. The second-order valence-electron chi connectivity index (χ2n) is 6.50. The molecular weight excluding hydrogens is 368 g/mol. The number of nitrogen functional groups attached to an aromatic ring is 1. The zero-order chi connectivity index (χ0) is 19.8. The van der Waals surface area contributed by atoms with Crippen molar-refractivity contribution in [2.24, 2.45) is 0 Å². The first-order valence-corrected chi connectivity index (χ1v) is 8.67. The molecule has 3 aromatic rings. The fraction of sp³-hybridized carbons (Fsp3) is 0.353. The van der Waals surface area contributed by atoms with E-state index in [-0.39, 0.29) is 23.1 Å². The number of aromatic amines is 1. The van der Waals surface area contributed by atoms with Gasteiger partial charge in [0.1, 0.15) is 18.3 Å². The number of nitrogens with two attached hydrogens (primary N) is 1. The van der Waals surface area contributed by atoms with Crippen LogP contribution in [0.4, 0.5) is 11.9 Å². The Morgan fingerprint density at radius 3 is 2.64 bits per heavy atom. The maximum atomic E-state index is 12.2. The van der Waals surface area contributed by atoms with Gasteiger partial charge < -0.3 is 31.1 Å². The van der Waals surface area contributed by atoms with Crippen LogP contribution in [-0.2, 0) is 11.3 Å². The Hall–Kier alpha value is -2.99. The molecule has 4 rings (SSSR count). The lowest BCUT2D eigenvalue weighted by molar-refractivity contribution is -0.0501. The van der Waals surface area contributed by atoms with E-state index >= 15 is 0 Å². The number of H-pyrrole nitrogens is 1. The molecule has 1 aromatic carbocycles. The number of imidazole rings is 1. The number of nitrogens with zero attached hydrogens (tertiary/aromatic N) is 3. The summed E-state index contributed by atoms with van der Waals surface area (Å²) >= 11 is 0. The van der Waals surface area contributed by atoms with E-state index in [1.165, 1.54) is 4.57 Å². The summed E-state index contributed by atoms with van der Waals surface area (Å²) in [6.45, 7) is -0.101. The predicted octanol–water partition coefficient (Wildman–Crippen LogP) is -1.07. The third kappa shape index (κ3) is 3.10. The zero-order valence-electron chi connectivity index (χ0n) is 14.7. The summed E-state index contributed by atoms with van der Waals surface area (Å²) in [6.07, 6.45) is -4.79. The van der Waals surface area contributed by atoms with E-state index in [0.29, 0.717) is 6.54 Å². The number of hydrogen-bond donors (Lipinski definition) is 6. The van der Waals surface area contributed by atoms with Crippen LogP contribution in [0.5, 0.6) is 0 Å². The lowest BCUT2D eigenvalue weighted by Gasteiger charge is -2.19. The minimum absolute atomic E-state index is 0.00231. The fourth-order valence-electron chi connectivity index (χ4n) is 3.24. The van der Waals surface area contributed by atoms with Crippen molar-refractivity contribution in [3.05, 3.63) is 46.2 Å². The summed E-state index contributed by atoms with van der Waals surface area (Å²) in [6, 6.07) is 9.49. The summed E-state index contributed by atoms with van der Waals surface area (Å²) in [5.74, 6) is 0.0808. The third-order valence-corrected chi connectivity index (χ3v) is 4.63. The molecule has 1 fully saturated rings. The Morgan fingerprint density at radius 2 is 1.96 bits per heavy atom. The summed E-state index contributed by atoms with van der Waals surface area (Å²) < 4.78 is 6.97. The van der Waals surface area contributed by atoms with Crippen LogP contribution in [0, 0.1) is 0 Å². The molecule has 0 aliphatic carbocycles. The average molecular weight is 388 g/mol. The quantitative estimate of drug-likeness (QED) is 0.318. The van der Waals surface area contributed by atoms with Gasteiger partial charge in [0.05, 0.1) is 6.61 Å². The summed E-state index contributed by atoms with van der Waals surface area (Å²) in [7, 11) is 0. The smallest absolute Gasteiger partial charge is 0.280 e. The number of ether oxygens (including phenoxy) is 1. The number of aliphatic hydroxyl groups excluding tert-OH is 3. The zero-order valence-corrected chi connectivity index (χ0v) is 14.7. The number of nitrogens with one attached hydrogen (secondary N) is 2. The van der Waals surface area contributed by atoms with Crippen molar-refractivity contribution in [1.29, 1.82) is 0 Å². The Morgan fingerprint density at radius 1 is 1.21 bits per heavy atom. The van der Waals surface area contributed by atoms with Gasteiger partial charge in [0.2, 0.25) is 11.9 Å². The molecule has 11 heteroatoms. The van der Waals surface area contributed by atoms with Crippen molar-refractivity contribution in [3.8, 4) is 0 Å². The van der Waals surface area contributed by atoms with Crippen LogP contribution < -0.4 is 16.6 Å². The normalized spacial score (nSPS) is 24.7. The van der Waals surface area contributed by atoms with E-state index in [9.17, 15) is 20.1 Å². The highest BCUT2D eigenvalue weighted by Crippen LogP contribution is 2.34. The molecule has 0 spiro atoms. The van der Waals surface area contributed by atoms with E-state index in [1.54, 1.807) is 0 Å². The molecule has 28 heavy (non-hydrogen) atoms. The molecule has 7 N–H and O–H groups in total. The molecule has 3 heterocycles. The summed E-state index contributed by atoms with van der Waals surface area (Å²) in [4.78, 5) is 23.0. The molecule has 1 aliphatic rings. The van der Waals surface area contributed by atoms with Crippen molar-refractivity contribution in [2.45, 2.75) is 31.1 Å². The van der Waals surface area contributed by atoms with Gasteiger partial charge in [-0.1, -0.05) is 30.3 Å². The molecule has 1 saturated heterocycles. The van der Waals surface area contributed by atoms with E-state index < -0.39 is 36.7 Å².